The fraction of sp³-hybridized carbons (Fsp3) is 0.882. The van der Waals surface area contributed by atoms with Crippen LogP contribution in [0.5, 0.6) is 0 Å². The van der Waals surface area contributed by atoms with Gasteiger partial charge in [0.25, 0.3) is 0 Å². The van der Waals surface area contributed by atoms with Crippen LogP contribution in [0.3, 0.4) is 0 Å². The molecule has 87 heavy (non-hydrogen) atoms. The minimum Gasteiger partial charge on any atom is -0.462 e. The first-order valence-corrected chi connectivity index (χ1v) is 38.1. The Labute approximate surface area is 529 Å². The van der Waals surface area contributed by atoms with Gasteiger partial charge in [-0.1, -0.05) is 277 Å². The summed E-state index contributed by atoms with van der Waals surface area (Å²) in [6, 6.07) is 0. The summed E-state index contributed by atoms with van der Waals surface area (Å²) in [7, 11) is -9.90. The maximum absolute atomic E-state index is 13.0. The highest BCUT2D eigenvalue weighted by Crippen LogP contribution is 2.45. The van der Waals surface area contributed by atoms with Crippen molar-refractivity contribution in [3.05, 3.63) is 24.3 Å². The molecule has 0 spiro atoms. The third-order valence-corrected chi connectivity index (χ3v) is 17.1. The van der Waals surface area contributed by atoms with Gasteiger partial charge in [0.2, 0.25) is 0 Å². The van der Waals surface area contributed by atoms with Gasteiger partial charge >= 0.3 is 39.5 Å². The number of hydrogen-bond acceptors (Lipinski definition) is 15. The summed E-state index contributed by atoms with van der Waals surface area (Å²) in [5, 5.41) is 10.5. The van der Waals surface area contributed by atoms with Crippen molar-refractivity contribution in [1.82, 2.24) is 0 Å². The summed E-state index contributed by atoms with van der Waals surface area (Å²) in [4.78, 5) is 72.2. The van der Waals surface area contributed by atoms with Crippen LogP contribution in [0.2, 0.25) is 0 Å². The molecule has 0 radical (unpaired) electrons. The highest BCUT2D eigenvalue weighted by atomic mass is 31.2. The van der Waals surface area contributed by atoms with E-state index in [9.17, 15) is 43.2 Å². The van der Waals surface area contributed by atoms with E-state index in [0.717, 1.165) is 109 Å². The molecule has 0 heterocycles. The number of esters is 4. The Balaban J connectivity index is 5.20. The van der Waals surface area contributed by atoms with E-state index in [1.165, 1.54) is 141 Å². The molecular formula is C68H128O17P2. The largest absolute Gasteiger partial charge is 0.472 e. The summed E-state index contributed by atoms with van der Waals surface area (Å²) < 4.78 is 68.0. The van der Waals surface area contributed by atoms with Crippen LogP contribution < -0.4 is 0 Å². The van der Waals surface area contributed by atoms with Crippen molar-refractivity contribution in [3.63, 3.8) is 0 Å². The number of carbonyl (C=O) groups excluding carboxylic acids is 4. The van der Waals surface area contributed by atoms with Crippen LogP contribution in [-0.4, -0.2) is 96.7 Å². The number of carbonyl (C=O) groups is 4. The lowest BCUT2D eigenvalue weighted by Gasteiger charge is -2.21. The van der Waals surface area contributed by atoms with E-state index in [1.54, 1.807) is 0 Å². The first kappa shape index (κ1) is 84.5. The van der Waals surface area contributed by atoms with Gasteiger partial charge in [-0.15, -0.1) is 0 Å². The van der Waals surface area contributed by atoms with Crippen LogP contribution in [0.25, 0.3) is 0 Å². The number of aliphatic hydroxyl groups excluding tert-OH is 1. The van der Waals surface area contributed by atoms with Gasteiger partial charge in [-0.25, -0.2) is 9.13 Å². The Bertz CT molecular complexity index is 1760. The predicted octanol–water partition coefficient (Wildman–Crippen LogP) is 19.1. The van der Waals surface area contributed by atoms with Crippen molar-refractivity contribution < 1.29 is 80.2 Å². The Morgan fingerprint density at radius 3 is 0.839 bits per heavy atom. The number of allylic oxidation sites excluding steroid dienone is 4. The normalized spacial score (nSPS) is 14.2. The zero-order chi connectivity index (χ0) is 64.0. The molecule has 0 aliphatic rings. The van der Waals surface area contributed by atoms with Gasteiger partial charge in [0.15, 0.2) is 12.2 Å². The Hall–Kier alpha value is -2.46. The van der Waals surface area contributed by atoms with Gasteiger partial charge in [0.05, 0.1) is 26.4 Å². The van der Waals surface area contributed by atoms with Gasteiger partial charge in [-0.2, -0.15) is 0 Å². The van der Waals surface area contributed by atoms with Crippen LogP contribution >= 0.6 is 15.6 Å². The standard InChI is InChI=1S/C68H128O17P2/c1-5-9-13-17-20-23-26-29-31-34-37-40-43-47-51-55-68(73)85-64(59-79-66(71)53-49-45-41-38-35-33-30-27-24-21-18-14-10-6-2)61-83-87(76,77)81-57-62(69)56-80-86(74,75)82-60-63(58-78-65(70)52-48-44-16-12-8-4)84-67(72)54-50-46-42-39-36-32-28-25-22-19-15-11-7-3/h23,26,29,31,62-64,69H,5-22,24-25,27-28,30,32-61H2,1-4H3,(H,74,75)(H,76,77)/b26-23-,31-29-/t62-,63+,64+/m0/s1. The molecule has 0 aromatic rings. The molecule has 19 heteroatoms. The lowest BCUT2D eigenvalue weighted by atomic mass is 10.0. The molecule has 0 rings (SSSR count). The fourth-order valence-corrected chi connectivity index (χ4v) is 11.4. The molecule has 0 fully saturated rings. The molecule has 512 valence electrons. The number of hydrogen-bond donors (Lipinski definition) is 3. The van der Waals surface area contributed by atoms with E-state index >= 15 is 0 Å². The van der Waals surface area contributed by atoms with E-state index in [1.807, 2.05) is 0 Å². The van der Waals surface area contributed by atoms with Crippen molar-refractivity contribution in [3.8, 4) is 0 Å². The lowest BCUT2D eigenvalue weighted by molar-refractivity contribution is -0.161. The molecule has 3 N–H and O–H groups in total. The van der Waals surface area contributed by atoms with E-state index in [2.05, 4.69) is 52.0 Å². The second kappa shape index (κ2) is 62.4. The van der Waals surface area contributed by atoms with Gasteiger partial charge in [-0.3, -0.25) is 37.3 Å². The summed E-state index contributed by atoms with van der Waals surface area (Å²) in [5.74, 6) is -2.17. The predicted molar refractivity (Wildman–Crippen MR) is 349 cm³/mol. The van der Waals surface area contributed by atoms with E-state index in [-0.39, 0.29) is 25.7 Å². The average molecular weight is 1280 g/mol. The smallest absolute Gasteiger partial charge is 0.462 e. The van der Waals surface area contributed by atoms with Crippen molar-refractivity contribution in [2.45, 2.75) is 348 Å². The minimum atomic E-state index is -4.95. The van der Waals surface area contributed by atoms with Crippen molar-refractivity contribution in [2.75, 3.05) is 39.6 Å². The van der Waals surface area contributed by atoms with E-state index in [4.69, 9.17) is 37.0 Å². The third kappa shape index (κ3) is 62.1. The molecule has 0 amide bonds. The summed E-state index contributed by atoms with van der Waals surface area (Å²) >= 11 is 0. The highest BCUT2D eigenvalue weighted by Gasteiger charge is 2.30. The number of aliphatic hydroxyl groups is 1. The van der Waals surface area contributed by atoms with Crippen molar-refractivity contribution >= 4 is 39.5 Å². The number of unbranched alkanes of at least 4 members (excludes halogenated alkanes) is 38. The fourth-order valence-electron chi connectivity index (χ4n) is 9.80. The number of phosphoric acid groups is 2. The zero-order valence-corrected chi connectivity index (χ0v) is 57.3. The molecule has 2 unspecified atom stereocenters. The molecule has 17 nitrogen and oxygen atoms in total. The molecule has 0 saturated heterocycles. The zero-order valence-electron chi connectivity index (χ0n) is 55.5. The second-order valence-electron chi connectivity index (χ2n) is 23.9. The second-order valence-corrected chi connectivity index (χ2v) is 26.8. The average Bonchev–Trinajstić information content (AvgIpc) is 3.58. The lowest BCUT2D eigenvalue weighted by Crippen LogP contribution is -2.30. The van der Waals surface area contributed by atoms with Crippen LogP contribution in [-0.2, 0) is 65.4 Å². The van der Waals surface area contributed by atoms with Crippen molar-refractivity contribution in [2.24, 2.45) is 0 Å². The van der Waals surface area contributed by atoms with Gasteiger partial charge in [-0.05, 0) is 51.4 Å². The molecule has 0 aromatic heterocycles. The topological polar surface area (TPSA) is 237 Å². The van der Waals surface area contributed by atoms with E-state index < -0.39 is 97.5 Å². The van der Waals surface area contributed by atoms with Crippen LogP contribution in [0.4, 0.5) is 0 Å². The number of phosphoric ester groups is 2. The first-order chi connectivity index (χ1) is 42.2. The van der Waals surface area contributed by atoms with Crippen LogP contribution in [0.15, 0.2) is 24.3 Å². The SMILES string of the molecule is CCCCCC/C=C\C=C/CCCCCCCC(=O)O[C@H](COC(=O)CCCCCCCCCCCCCCCC)COP(=O)(O)OC[C@@H](O)COP(=O)(O)OC[C@@H](COC(=O)CCCCCCC)OC(=O)CCCCCCCCCCCCCCC. The molecule has 0 saturated carbocycles. The highest BCUT2D eigenvalue weighted by molar-refractivity contribution is 7.47. The van der Waals surface area contributed by atoms with Gasteiger partial charge in [0, 0.05) is 25.7 Å². The van der Waals surface area contributed by atoms with Crippen LogP contribution in [0.1, 0.15) is 329 Å². The Kier molecular flexibility index (Phi) is 60.6. The Morgan fingerprint density at radius 2 is 0.552 bits per heavy atom. The molecule has 0 aliphatic carbocycles. The first-order valence-electron chi connectivity index (χ1n) is 35.1. The van der Waals surface area contributed by atoms with Crippen LogP contribution in [0, 0.1) is 0 Å². The number of rotatable bonds is 67. The molecule has 0 aliphatic heterocycles. The maximum Gasteiger partial charge on any atom is 0.472 e. The molecule has 0 aromatic carbocycles. The summed E-state index contributed by atoms with van der Waals surface area (Å²) in [6.07, 6.45) is 52.4. The Morgan fingerprint density at radius 1 is 0.322 bits per heavy atom. The summed E-state index contributed by atoms with van der Waals surface area (Å²) in [6.45, 7) is 4.78. The summed E-state index contributed by atoms with van der Waals surface area (Å²) in [5.41, 5.74) is 0. The number of ether oxygens (including phenoxy) is 4. The minimum absolute atomic E-state index is 0.0857. The molecular weight excluding hydrogens is 1150 g/mol. The van der Waals surface area contributed by atoms with Gasteiger partial charge < -0.3 is 33.8 Å². The maximum atomic E-state index is 13.0. The third-order valence-electron chi connectivity index (χ3n) is 15.2. The monoisotopic (exact) mass is 1280 g/mol. The quantitative estimate of drug-likeness (QED) is 0.0169. The van der Waals surface area contributed by atoms with E-state index in [0.29, 0.717) is 25.7 Å². The molecule has 0 bridgehead atoms. The molecule has 5 atom stereocenters. The van der Waals surface area contributed by atoms with Gasteiger partial charge in [0.1, 0.15) is 19.3 Å². The van der Waals surface area contributed by atoms with Crippen molar-refractivity contribution in [1.29, 1.82) is 0 Å².